The molecule has 4 rings (SSSR count). The molecule has 1 aliphatic heterocycles. The number of anilines is 1. The molecule has 1 fully saturated rings. The maximum Gasteiger partial charge on any atom is 0.264 e. The molecule has 0 radical (unpaired) electrons. The third-order valence-corrected chi connectivity index (χ3v) is 8.41. The first-order chi connectivity index (χ1) is 19.2. The minimum atomic E-state index is -4.12. The molecule has 3 aromatic rings. The Balaban J connectivity index is 1.37. The molecule has 12 heteroatoms. The van der Waals surface area contributed by atoms with Crippen LogP contribution >= 0.6 is 23.2 Å². The van der Waals surface area contributed by atoms with Gasteiger partial charge in [-0.1, -0.05) is 29.3 Å². The van der Waals surface area contributed by atoms with E-state index in [2.05, 4.69) is 10.5 Å². The summed E-state index contributed by atoms with van der Waals surface area (Å²) in [5.41, 5.74) is 3.24. The predicted molar refractivity (Wildman–Crippen MR) is 156 cm³/mol. The summed E-state index contributed by atoms with van der Waals surface area (Å²) in [6.45, 7) is 0.979. The first-order valence-electron chi connectivity index (χ1n) is 12.6. The van der Waals surface area contributed by atoms with Gasteiger partial charge in [-0.3, -0.25) is 13.9 Å². The molecule has 0 bridgehead atoms. The van der Waals surface area contributed by atoms with Crippen molar-refractivity contribution in [3.05, 3.63) is 88.4 Å². The molecule has 0 aromatic heterocycles. The highest BCUT2D eigenvalue weighted by Crippen LogP contribution is 2.26. The molecule has 0 unspecified atom stereocenters. The number of hydrogen-bond acceptors (Lipinski definition) is 6. The summed E-state index contributed by atoms with van der Waals surface area (Å²) in [5, 5.41) is 4.64. The van der Waals surface area contributed by atoms with Crippen molar-refractivity contribution in [2.24, 2.45) is 5.10 Å². The molecule has 0 spiro atoms. The molecule has 0 aliphatic carbocycles. The van der Waals surface area contributed by atoms with Gasteiger partial charge in [0.1, 0.15) is 12.3 Å². The standard InChI is InChI=1S/C28H28Cl2N4O5S/c29-22-9-13-26(14-10-22)40(37,38)34(24-6-4-5-23(30)17-24)19-27(35)32-31-18-21-7-11-25(12-8-21)39-20-28(36)33-15-2-1-3-16-33/h4-14,17-18H,1-3,15-16,19-20H2,(H,32,35)/b31-18-. The van der Waals surface area contributed by atoms with Gasteiger partial charge in [-0.15, -0.1) is 0 Å². The van der Waals surface area contributed by atoms with E-state index in [-0.39, 0.29) is 23.1 Å². The largest absolute Gasteiger partial charge is 0.484 e. The average molecular weight is 604 g/mol. The lowest BCUT2D eigenvalue weighted by molar-refractivity contribution is -0.134. The Bertz CT molecular complexity index is 1460. The third-order valence-electron chi connectivity index (χ3n) is 6.14. The summed E-state index contributed by atoms with van der Waals surface area (Å²) in [7, 11) is -4.12. The second-order valence-corrected chi connectivity index (χ2v) is 11.8. The molecule has 1 heterocycles. The van der Waals surface area contributed by atoms with E-state index in [0.29, 0.717) is 21.4 Å². The van der Waals surface area contributed by atoms with Crippen LogP contribution in [0.5, 0.6) is 5.75 Å². The zero-order valence-corrected chi connectivity index (χ0v) is 23.8. The number of nitrogens with zero attached hydrogens (tertiary/aromatic N) is 3. The van der Waals surface area contributed by atoms with Crippen LogP contribution in [0, 0.1) is 0 Å². The summed E-state index contributed by atoms with van der Waals surface area (Å²) >= 11 is 12.0. The number of hydrogen-bond donors (Lipinski definition) is 1. The molecular weight excluding hydrogens is 575 g/mol. The van der Waals surface area contributed by atoms with Crippen LogP contribution in [0.25, 0.3) is 0 Å². The van der Waals surface area contributed by atoms with Gasteiger partial charge < -0.3 is 9.64 Å². The van der Waals surface area contributed by atoms with Crippen molar-refractivity contribution in [3.8, 4) is 5.75 Å². The lowest BCUT2D eigenvalue weighted by Crippen LogP contribution is -2.39. The van der Waals surface area contributed by atoms with Crippen LogP contribution in [0.4, 0.5) is 5.69 Å². The van der Waals surface area contributed by atoms with Gasteiger partial charge in [0, 0.05) is 23.1 Å². The number of amides is 2. The summed E-state index contributed by atoms with van der Waals surface area (Å²) in [6.07, 6.45) is 4.61. The Kier molecular flexibility index (Phi) is 10.0. The zero-order chi connectivity index (χ0) is 28.5. The van der Waals surface area contributed by atoms with Gasteiger partial charge in [-0.05, 0) is 91.6 Å². The number of carbonyl (C=O) groups is 2. The predicted octanol–water partition coefficient (Wildman–Crippen LogP) is 4.73. The highest BCUT2D eigenvalue weighted by Gasteiger charge is 2.27. The van der Waals surface area contributed by atoms with Gasteiger partial charge in [0.25, 0.3) is 21.8 Å². The quantitative estimate of drug-likeness (QED) is 0.266. The van der Waals surface area contributed by atoms with Gasteiger partial charge in [0.15, 0.2) is 6.61 Å². The summed E-state index contributed by atoms with van der Waals surface area (Å²) in [4.78, 5) is 26.8. The zero-order valence-electron chi connectivity index (χ0n) is 21.5. The van der Waals surface area contributed by atoms with E-state index in [4.69, 9.17) is 27.9 Å². The van der Waals surface area contributed by atoms with Crippen LogP contribution in [-0.2, 0) is 19.6 Å². The van der Waals surface area contributed by atoms with E-state index < -0.39 is 22.5 Å². The molecule has 0 saturated carbocycles. The van der Waals surface area contributed by atoms with Crippen molar-refractivity contribution < 1.29 is 22.7 Å². The third kappa shape index (κ3) is 7.97. The summed E-state index contributed by atoms with van der Waals surface area (Å²) in [6, 6.07) is 18.7. The monoisotopic (exact) mass is 602 g/mol. The molecule has 0 atom stereocenters. The number of nitrogens with one attached hydrogen (secondary N) is 1. The van der Waals surface area contributed by atoms with Crippen molar-refractivity contribution in [3.63, 3.8) is 0 Å². The van der Waals surface area contributed by atoms with E-state index in [1.165, 1.54) is 36.5 Å². The van der Waals surface area contributed by atoms with E-state index >= 15 is 0 Å². The number of carbonyl (C=O) groups excluding carboxylic acids is 2. The van der Waals surface area contributed by atoms with Crippen LogP contribution in [-0.4, -0.2) is 57.6 Å². The number of halogens is 2. The van der Waals surface area contributed by atoms with Crippen molar-refractivity contribution >= 4 is 56.9 Å². The minimum Gasteiger partial charge on any atom is -0.484 e. The number of likely N-dealkylation sites (tertiary alicyclic amines) is 1. The Morgan fingerprint density at radius 1 is 0.950 bits per heavy atom. The Hall–Kier alpha value is -3.60. The molecule has 9 nitrogen and oxygen atoms in total. The van der Waals surface area contributed by atoms with E-state index in [1.54, 1.807) is 42.5 Å². The second kappa shape index (κ2) is 13.6. The minimum absolute atomic E-state index is 0.0223. The van der Waals surface area contributed by atoms with Crippen LogP contribution in [0.3, 0.4) is 0 Å². The molecule has 210 valence electrons. The highest BCUT2D eigenvalue weighted by molar-refractivity contribution is 7.92. The lowest BCUT2D eigenvalue weighted by Gasteiger charge is -2.26. The highest BCUT2D eigenvalue weighted by atomic mass is 35.5. The number of hydrazone groups is 1. The second-order valence-electron chi connectivity index (χ2n) is 9.04. The molecular formula is C28H28Cl2N4O5S. The van der Waals surface area contributed by atoms with Crippen molar-refractivity contribution in [1.29, 1.82) is 0 Å². The van der Waals surface area contributed by atoms with Crippen LogP contribution in [0.15, 0.2) is 82.8 Å². The van der Waals surface area contributed by atoms with E-state index in [1.807, 2.05) is 4.90 Å². The fourth-order valence-corrected chi connectivity index (χ4v) is 5.78. The number of ether oxygens (including phenoxy) is 1. The number of rotatable bonds is 10. The topological polar surface area (TPSA) is 108 Å². The van der Waals surface area contributed by atoms with Crippen molar-refractivity contribution in [1.82, 2.24) is 10.3 Å². The molecule has 1 aliphatic rings. The number of piperidine rings is 1. The van der Waals surface area contributed by atoms with Crippen molar-refractivity contribution in [2.75, 3.05) is 30.5 Å². The average Bonchev–Trinajstić information content (AvgIpc) is 2.96. The first kappa shape index (κ1) is 29.4. The number of benzene rings is 3. The van der Waals surface area contributed by atoms with Gasteiger partial charge in [0.05, 0.1) is 16.8 Å². The maximum absolute atomic E-state index is 13.4. The molecule has 1 N–H and O–H groups in total. The molecule has 40 heavy (non-hydrogen) atoms. The van der Waals surface area contributed by atoms with Crippen LogP contribution in [0.1, 0.15) is 24.8 Å². The van der Waals surface area contributed by atoms with Crippen molar-refractivity contribution in [2.45, 2.75) is 24.2 Å². The SMILES string of the molecule is O=C(CN(c1cccc(Cl)c1)S(=O)(=O)c1ccc(Cl)cc1)N/N=C\c1ccc(OCC(=O)N2CCCCC2)cc1. The van der Waals surface area contributed by atoms with Gasteiger partial charge in [0.2, 0.25) is 0 Å². The summed E-state index contributed by atoms with van der Waals surface area (Å²) in [5.74, 6) is -0.154. The molecule has 2 amide bonds. The molecule has 1 saturated heterocycles. The van der Waals surface area contributed by atoms with Crippen LogP contribution in [0.2, 0.25) is 10.0 Å². The molecule has 3 aromatic carbocycles. The Morgan fingerprint density at radius 3 is 2.33 bits per heavy atom. The smallest absolute Gasteiger partial charge is 0.264 e. The normalized spacial score (nSPS) is 13.7. The van der Waals surface area contributed by atoms with E-state index in [9.17, 15) is 18.0 Å². The van der Waals surface area contributed by atoms with E-state index in [0.717, 1.165) is 36.7 Å². The Morgan fingerprint density at radius 2 is 1.65 bits per heavy atom. The lowest BCUT2D eigenvalue weighted by atomic mass is 10.1. The Labute approximate surface area is 243 Å². The summed E-state index contributed by atoms with van der Waals surface area (Å²) < 4.78 is 33.3. The number of sulfonamides is 1. The first-order valence-corrected chi connectivity index (χ1v) is 14.8. The fourth-order valence-electron chi connectivity index (χ4n) is 4.05. The van der Waals surface area contributed by atoms with Gasteiger partial charge in [-0.2, -0.15) is 5.10 Å². The fraction of sp³-hybridized carbons (Fsp3) is 0.250. The van der Waals surface area contributed by atoms with Gasteiger partial charge >= 0.3 is 0 Å². The maximum atomic E-state index is 13.4. The van der Waals surface area contributed by atoms with Crippen LogP contribution < -0.4 is 14.5 Å². The van der Waals surface area contributed by atoms with Gasteiger partial charge in [-0.25, -0.2) is 13.8 Å².